The Kier molecular flexibility index (Phi) is 4.88. The number of carbonyl (C=O) groups is 1. The minimum atomic E-state index is -0.103. The van der Waals surface area contributed by atoms with Gasteiger partial charge in [-0.2, -0.15) is 0 Å². The maximum Gasteiger partial charge on any atom is 0.240 e. The normalized spacial score (nSPS) is 14.8. The van der Waals surface area contributed by atoms with Crippen LogP contribution < -0.4 is 10.1 Å². The summed E-state index contributed by atoms with van der Waals surface area (Å²) < 4.78 is 7.45. The second-order valence-corrected chi connectivity index (χ2v) is 6.38. The summed E-state index contributed by atoms with van der Waals surface area (Å²) in [7, 11) is 1.65. The molecular weight excluding hydrogens is 302 g/mol. The summed E-state index contributed by atoms with van der Waals surface area (Å²) in [5.74, 6) is 1.73. The molecule has 5 nitrogen and oxygen atoms in total. The molecule has 1 amide bonds. The average Bonchev–Trinajstić information content (AvgIpc) is 2.90. The molecule has 1 unspecified atom stereocenters. The predicted octanol–water partition coefficient (Wildman–Crippen LogP) is 2.96. The SMILES string of the molecule is COc1ccccc1C(C)NC(=O)Cn1c(C)nc2c1CCCC2. The summed E-state index contributed by atoms with van der Waals surface area (Å²) in [5.41, 5.74) is 3.39. The Hall–Kier alpha value is -2.30. The quantitative estimate of drug-likeness (QED) is 0.918. The molecule has 1 aliphatic rings. The number of fused-ring (bicyclic) bond motifs is 1. The van der Waals surface area contributed by atoms with Crippen LogP contribution >= 0.6 is 0 Å². The maximum atomic E-state index is 12.5. The van der Waals surface area contributed by atoms with Crippen molar-refractivity contribution in [3.05, 3.63) is 47.0 Å². The highest BCUT2D eigenvalue weighted by Crippen LogP contribution is 2.25. The van der Waals surface area contributed by atoms with Gasteiger partial charge in [-0.05, 0) is 45.6 Å². The average molecular weight is 327 g/mol. The van der Waals surface area contributed by atoms with Gasteiger partial charge in [0.1, 0.15) is 18.1 Å². The van der Waals surface area contributed by atoms with Crippen LogP contribution in [-0.2, 0) is 24.2 Å². The van der Waals surface area contributed by atoms with Gasteiger partial charge < -0.3 is 14.6 Å². The van der Waals surface area contributed by atoms with E-state index in [1.807, 2.05) is 38.1 Å². The van der Waals surface area contributed by atoms with Crippen LogP contribution in [0.4, 0.5) is 0 Å². The van der Waals surface area contributed by atoms with Crippen molar-refractivity contribution < 1.29 is 9.53 Å². The van der Waals surface area contributed by atoms with Crippen LogP contribution in [-0.4, -0.2) is 22.6 Å². The van der Waals surface area contributed by atoms with Gasteiger partial charge in [-0.25, -0.2) is 4.98 Å². The summed E-state index contributed by atoms with van der Waals surface area (Å²) in [6.45, 7) is 4.29. The molecule has 24 heavy (non-hydrogen) atoms. The molecule has 0 spiro atoms. The van der Waals surface area contributed by atoms with Crippen LogP contribution in [0.3, 0.4) is 0 Å². The largest absolute Gasteiger partial charge is 0.496 e. The van der Waals surface area contributed by atoms with Gasteiger partial charge in [-0.15, -0.1) is 0 Å². The van der Waals surface area contributed by atoms with Crippen LogP contribution in [0.25, 0.3) is 0 Å². The lowest BCUT2D eigenvalue weighted by Gasteiger charge is -2.19. The van der Waals surface area contributed by atoms with Crippen LogP contribution in [0.1, 0.15) is 48.6 Å². The van der Waals surface area contributed by atoms with E-state index in [2.05, 4.69) is 14.9 Å². The molecule has 128 valence electrons. The number of carbonyl (C=O) groups excluding carboxylic acids is 1. The highest BCUT2D eigenvalue weighted by atomic mass is 16.5. The van der Waals surface area contributed by atoms with Gasteiger partial charge in [-0.1, -0.05) is 18.2 Å². The molecule has 0 saturated heterocycles. The Balaban J connectivity index is 1.71. The molecule has 1 aromatic heterocycles. The Bertz CT molecular complexity index is 736. The molecule has 1 aromatic carbocycles. The molecule has 2 aromatic rings. The van der Waals surface area contributed by atoms with E-state index >= 15 is 0 Å². The Morgan fingerprint density at radius 1 is 1.33 bits per heavy atom. The second-order valence-electron chi connectivity index (χ2n) is 6.38. The van der Waals surface area contributed by atoms with Crippen molar-refractivity contribution >= 4 is 5.91 Å². The van der Waals surface area contributed by atoms with Crippen molar-refractivity contribution in [1.82, 2.24) is 14.9 Å². The first-order chi connectivity index (χ1) is 11.6. The van der Waals surface area contributed by atoms with E-state index in [0.29, 0.717) is 6.54 Å². The van der Waals surface area contributed by atoms with Gasteiger partial charge in [0.25, 0.3) is 0 Å². The number of hydrogen-bond acceptors (Lipinski definition) is 3. The molecule has 1 aliphatic carbocycles. The van der Waals surface area contributed by atoms with E-state index in [1.165, 1.54) is 24.2 Å². The number of nitrogens with zero attached hydrogens (tertiary/aromatic N) is 2. The van der Waals surface area contributed by atoms with Crippen molar-refractivity contribution in [2.75, 3.05) is 7.11 Å². The van der Waals surface area contributed by atoms with Crippen LogP contribution in [0.5, 0.6) is 5.75 Å². The molecule has 1 heterocycles. The summed E-state index contributed by atoms with van der Waals surface area (Å²) in [5, 5.41) is 3.08. The van der Waals surface area contributed by atoms with Crippen molar-refractivity contribution in [1.29, 1.82) is 0 Å². The number of amides is 1. The van der Waals surface area contributed by atoms with E-state index in [4.69, 9.17) is 4.74 Å². The molecule has 0 aliphatic heterocycles. The Labute approximate surface area is 143 Å². The summed E-state index contributed by atoms with van der Waals surface area (Å²) >= 11 is 0. The minimum absolute atomic E-state index is 0.00211. The summed E-state index contributed by atoms with van der Waals surface area (Å²) in [4.78, 5) is 17.2. The van der Waals surface area contributed by atoms with E-state index in [-0.39, 0.29) is 11.9 Å². The number of aromatic nitrogens is 2. The molecule has 3 rings (SSSR count). The van der Waals surface area contributed by atoms with Gasteiger partial charge >= 0.3 is 0 Å². The van der Waals surface area contributed by atoms with E-state index in [9.17, 15) is 4.79 Å². The zero-order valence-corrected chi connectivity index (χ0v) is 14.6. The fraction of sp³-hybridized carbons (Fsp3) is 0.474. The fourth-order valence-electron chi connectivity index (χ4n) is 3.48. The molecule has 0 bridgehead atoms. The third-order valence-electron chi connectivity index (χ3n) is 4.71. The number of methoxy groups -OCH3 is 1. The molecule has 5 heteroatoms. The van der Waals surface area contributed by atoms with Crippen molar-refractivity contribution in [2.24, 2.45) is 0 Å². The first-order valence-corrected chi connectivity index (χ1v) is 8.57. The zero-order chi connectivity index (χ0) is 17.1. The van der Waals surface area contributed by atoms with Crippen LogP contribution in [0.15, 0.2) is 24.3 Å². The number of nitrogens with one attached hydrogen (secondary N) is 1. The summed E-state index contributed by atoms with van der Waals surface area (Å²) in [6, 6.07) is 7.67. The highest BCUT2D eigenvalue weighted by Gasteiger charge is 2.20. The van der Waals surface area contributed by atoms with Gasteiger partial charge in [0.2, 0.25) is 5.91 Å². The lowest BCUT2D eigenvalue weighted by atomic mass is 10.0. The number of imidazole rings is 1. The molecule has 0 fully saturated rings. The lowest BCUT2D eigenvalue weighted by Crippen LogP contribution is -2.31. The Morgan fingerprint density at radius 2 is 2.08 bits per heavy atom. The topological polar surface area (TPSA) is 56.1 Å². The van der Waals surface area contributed by atoms with E-state index in [0.717, 1.165) is 30.0 Å². The third kappa shape index (κ3) is 3.30. The van der Waals surface area contributed by atoms with Crippen molar-refractivity contribution in [3.8, 4) is 5.75 Å². The molecule has 0 radical (unpaired) electrons. The summed E-state index contributed by atoms with van der Waals surface area (Å²) in [6.07, 6.45) is 4.42. The predicted molar refractivity (Wildman–Crippen MR) is 93.2 cm³/mol. The number of hydrogen-bond donors (Lipinski definition) is 1. The number of para-hydroxylation sites is 1. The Morgan fingerprint density at radius 3 is 2.88 bits per heavy atom. The minimum Gasteiger partial charge on any atom is -0.496 e. The third-order valence-corrected chi connectivity index (χ3v) is 4.71. The number of aryl methyl sites for hydroxylation is 2. The standard InChI is InChI=1S/C19H25N3O2/c1-13(15-8-4-7-11-18(15)24-3)20-19(23)12-22-14(2)21-16-9-5-6-10-17(16)22/h4,7-8,11,13H,5-6,9-10,12H2,1-3H3,(H,20,23). The molecular formula is C19H25N3O2. The second kappa shape index (κ2) is 7.07. The first-order valence-electron chi connectivity index (χ1n) is 8.57. The van der Waals surface area contributed by atoms with Crippen LogP contribution in [0, 0.1) is 6.92 Å². The molecule has 1 atom stereocenters. The first kappa shape index (κ1) is 16.6. The monoisotopic (exact) mass is 327 g/mol. The maximum absolute atomic E-state index is 12.5. The molecule has 0 saturated carbocycles. The zero-order valence-electron chi connectivity index (χ0n) is 14.6. The number of rotatable bonds is 5. The van der Waals surface area contributed by atoms with E-state index in [1.54, 1.807) is 7.11 Å². The van der Waals surface area contributed by atoms with Gasteiger partial charge in [0, 0.05) is 11.3 Å². The number of benzene rings is 1. The van der Waals surface area contributed by atoms with Gasteiger partial charge in [-0.3, -0.25) is 4.79 Å². The molecule has 1 N–H and O–H groups in total. The fourth-order valence-corrected chi connectivity index (χ4v) is 3.48. The number of ether oxygens (including phenoxy) is 1. The highest BCUT2D eigenvalue weighted by molar-refractivity contribution is 5.76. The van der Waals surface area contributed by atoms with Crippen molar-refractivity contribution in [3.63, 3.8) is 0 Å². The van der Waals surface area contributed by atoms with Gasteiger partial charge in [0.15, 0.2) is 0 Å². The van der Waals surface area contributed by atoms with Gasteiger partial charge in [0.05, 0.1) is 18.8 Å². The smallest absolute Gasteiger partial charge is 0.240 e. The van der Waals surface area contributed by atoms with Crippen molar-refractivity contribution in [2.45, 2.75) is 52.1 Å². The van der Waals surface area contributed by atoms with E-state index < -0.39 is 0 Å². The van der Waals surface area contributed by atoms with Crippen LogP contribution in [0.2, 0.25) is 0 Å². The lowest BCUT2D eigenvalue weighted by molar-refractivity contribution is -0.122.